The highest BCUT2D eigenvalue weighted by Gasteiger charge is 2.19. The number of non-ortho nitro benzene ring substituents is 1. The number of phenols is 1. The van der Waals surface area contributed by atoms with Gasteiger partial charge in [-0.15, -0.1) is 11.3 Å². The summed E-state index contributed by atoms with van der Waals surface area (Å²) in [6.07, 6.45) is 7.26. The molecule has 3 aromatic rings. The van der Waals surface area contributed by atoms with E-state index in [4.69, 9.17) is 0 Å². The van der Waals surface area contributed by atoms with Crippen molar-refractivity contribution in [1.29, 1.82) is 0 Å². The average molecular weight is 369 g/mol. The highest BCUT2D eigenvalue weighted by Crippen LogP contribution is 2.38. The first-order valence-electron chi connectivity index (χ1n) is 8.15. The van der Waals surface area contributed by atoms with E-state index in [1.165, 1.54) is 47.6 Å². The lowest BCUT2D eigenvalue weighted by Crippen LogP contribution is -2.01. The third-order valence-electron chi connectivity index (χ3n) is 4.35. The summed E-state index contributed by atoms with van der Waals surface area (Å²) in [5.74, 6) is 0.525. The molecule has 1 aromatic carbocycles. The Morgan fingerprint density at radius 3 is 3.00 bits per heavy atom. The molecule has 0 saturated carbocycles. The fourth-order valence-corrected chi connectivity index (χ4v) is 4.33. The van der Waals surface area contributed by atoms with Crippen molar-refractivity contribution in [2.45, 2.75) is 25.7 Å². The molecule has 2 N–H and O–H groups in total. The molecule has 1 aliphatic carbocycles. The number of nitro groups is 1. The topological polar surface area (TPSA) is 114 Å². The van der Waals surface area contributed by atoms with Crippen LogP contribution in [0.4, 0.5) is 11.5 Å². The number of aromatic nitrogens is 2. The summed E-state index contributed by atoms with van der Waals surface area (Å²) in [5.41, 5.74) is 4.32. The van der Waals surface area contributed by atoms with Gasteiger partial charge in [0.15, 0.2) is 5.82 Å². The second-order valence-corrected chi connectivity index (χ2v) is 7.07. The van der Waals surface area contributed by atoms with Crippen LogP contribution in [0.25, 0.3) is 10.2 Å². The number of thiophene rings is 1. The van der Waals surface area contributed by atoms with Gasteiger partial charge in [0, 0.05) is 22.6 Å². The van der Waals surface area contributed by atoms with Gasteiger partial charge >= 0.3 is 0 Å². The van der Waals surface area contributed by atoms with E-state index >= 15 is 0 Å². The second-order valence-electron chi connectivity index (χ2n) is 5.98. The van der Waals surface area contributed by atoms with Crippen molar-refractivity contribution < 1.29 is 10.0 Å². The Labute approximate surface area is 152 Å². The van der Waals surface area contributed by atoms with Crippen molar-refractivity contribution in [3.63, 3.8) is 0 Å². The summed E-state index contributed by atoms with van der Waals surface area (Å²) in [4.78, 5) is 21.3. The van der Waals surface area contributed by atoms with Crippen LogP contribution in [0.15, 0.2) is 29.6 Å². The molecule has 0 saturated heterocycles. The summed E-state index contributed by atoms with van der Waals surface area (Å²) in [6.45, 7) is 0. The Morgan fingerprint density at radius 1 is 1.31 bits per heavy atom. The minimum Gasteiger partial charge on any atom is -0.507 e. The Bertz CT molecular complexity index is 1030. The van der Waals surface area contributed by atoms with Gasteiger partial charge in [0.1, 0.15) is 16.9 Å². The molecule has 0 bridgehead atoms. The van der Waals surface area contributed by atoms with Crippen molar-refractivity contribution in [2.24, 2.45) is 5.10 Å². The maximum Gasteiger partial charge on any atom is 0.270 e. The van der Waals surface area contributed by atoms with Gasteiger partial charge in [-0.3, -0.25) is 15.5 Å². The number of anilines is 1. The molecule has 132 valence electrons. The number of nitrogens with zero attached hydrogens (tertiary/aromatic N) is 4. The lowest BCUT2D eigenvalue weighted by atomic mass is 9.97. The SMILES string of the molecule is O=[N+]([O-])c1ccc(O)c(/C=N\Nc2ncnc3sc4c(c23)CCCC4)c1. The van der Waals surface area contributed by atoms with Gasteiger partial charge in [-0.2, -0.15) is 5.10 Å². The fraction of sp³-hybridized carbons (Fsp3) is 0.235. The predicted molar refractivity (Wildman–Crippen MR) is 100 cm³/mol. The number of hydrogen-bond acceptors (Lipinski definition) is 8. The van der Waals surface area contributed by atoms with Gasteiger partial charge in [0.25, 0.3) is 5.69 Å². The third-order valence-corrected chi connectivity index (χ3v) is 5.55. The van der Waals surface area contributed by atoms with Gasteiger partial charge in [-0.1, -0.05) is 0 Å². The van der Waals surface area contributed by atoms with Crippen LogP contribution in [0.2, 0.25) is 0 Å². The number of phenolic OH excluding ortho intramolecular Hbond substituents is 1. The van der Waals surface area contributed by atoms with Crippen LogP contribution in [0.5, 0.6) is 5.75 Å². The van der Waals surface area contributed by atoms with E-state index in [9.17, 15) is 15.2 Å². The number of nitro benzene ring substituents is 1. The summed E-state index contributed by atoms with van der Waals surface area (Å²) < 4.78 is 0. The van der Waals surface area contributed by atoms with E-state index in [0.29, 0.717) is 5.82 Å². The molecule has 4 rings (SSSR count). The van der Waals surface area contributed by atoms with Crippen molar-refractivity contribution in [2.75, 3.05) is 5.43 Å². The minimum atomic E-state index is -0.518. The van der Waals surface area contributed by atoms with E-state index in [-0.39, 0.29) is 17.0 Å². The molecule has 0 aliphatic heterocycles. The number of rotatable bonds is 4. The minimum absolute atomic E-state index is 0.0816. The van der Waals surface area contributed by atoms with E-state index in [2.05, 4.69) is 20.5 Å². The Hall–Kier alpha value is -3.07. The zero-order chi connectivity index (χ0) is 18.1. The van der Waals surface area contributed by atoms with E-state index < -0.39 is 4.92 Å². The van der Waals surface area contributed by atoms with E-state index in [0.717, 1.165) is 29.5 Å². The Kier molecular flexibility index (Phi) is 4.21. The molecular weight excluding hydrogens is 354 g/mol. The van der Waals surface area contributed by atoms with E-state index in [1.54, 1.807) is 11.3 Å². The first-order valence-corrected chi connectivity index (χ1v) is 8.97. The number of aryl methyl sites for hydroxylation is 2. The third kappa shape index (κ3) is 2.97. The molecule has 0 spiro atoms. The Balaban J connectivity index is 1.64. The highest BCUT2D eigenvalue weighted by molar-refractivity contribution is 7.19. The Morgan fingerprint density at radius 2 is 2.15 bits per heavy atom. The maximum atomic E-state index is 10.9. The zero-order valence-corrected chi connectivity index (χ0v) is 14.5. The first kappa shape index (κ1) is 16.4. The van der Waals surface area contributed by atoms with Gasteiger partial charge in [0.05, 0.1) is 16.5 Å². The standard InChI is InChI=1S/C17H15N5O3S/c23-13-6-5-11(22(24)25)7-10(13)8-20-21-16-15-12-3-1-2-4-14(12)26-17(15)19-9-18-16/h5-9,23H,1-4H2,(H,18,19,21)/b20-8-. The maximum absolute atomic E-state index is 10.9. The number of benzene rings is 1. The molecule has 0 atom stereocenters. The molecule has 0 fully saturated rings. The van der Waals surface area contributed by atoms with Gasteiger partial charge in [-0.25, -0.2) is 9.97 Å². The second kappa shape index (κ2) is 6.68. The summed E-state index contributed by atoms with van der Waals surface area (Å²) in [7, 11) is 0. The number of fused-ring (bicyclic) bond motifs is 3. The number of nitrogens with one attached hydrogen (secondary N) is 1. The largest absolute Gasteiger partial charge is 0.507 e. The van der Waals surface area contributed by atoms with Crippen LogP contribution < -0.4 is 5.43 Å². The fourth-order valence-electron chi connectivity index (χ4n) is 3.10. The molecule has 0 unspecified atom stereocenters. The monoisotopic (exact) mass is 369 g/mol. The van der Waals surface area contributed by atoms with Crippen LogP contribution in [-0.4, -0.2) is 26.2 Å². The van der Waals surface area contributed by atoms with Gasteiger partial charge in [-0.05, 0) is 37.3 Å². The van der Waals surface area contributed by atoms with Crippen LogP contribution in [0.3, 0.4) is 0 Å². The number of aromatic hydroxyl groups is 1. The van der Waals surface area contributed by atoms with Crippen molar-refractivity contribution in [1.82, 2.24) is 9.97 Å². The normalized spacial score (nSPS) is 13.8. The lowest BCUT2D eigenvalue weighted by molar-refractivity contribution is -0.384. The summed E-state index contributed by atoms with van der Waals surface area (Å²) in [5, 5.41) is 25.8. The quantitative estimate of drug-likeness (QED) is 0.412. The average Bonchev–Trinajstić information content (AvgIpc) is 3.02. The smallest absolute Gasteiger partial charge is 0.270 e. The molecule has 8 nitrogen and oxygen atoms in total. The van der Waals surface area contributed by atoms with Crippen LogP contribution in [-0.2, 0) is 12.8 Å². The highest BCUT2D eigenvalue weighted by atomic mass is 32.1. The van der Waals surface area contributed by atoms with Crippen LogP contribution in [0, 0.1) is 10.1 Å². The molecular formula is C17H15N5O3S. The molecule has 0 amide bonds. The van der Waals surface area contributed by atoms with Crippen molar-refractivity contribution in [3.05, 3.63) is 50.6 Å². The molecule has 26 heavy (non-hydrogen) atoms. The molecule has 1 aliphatic rings. The number of hydrazone groups is 1. The summed E-state index contributed by atoms with van der Waals surface area (Å²) in [6, 6.07) is 3.78. The molecule has 2 heterocycles. The van der Waals surface area contributed by atoms with Crippen LogP contribution in [0.1, 0.15) is 28.8 Å². The van der Waals surface area contributed by atoms with E-state index in [1.807, 2.05) is 0 Å². The molecule has 9 heteroatoms. The first-order chi connectivity index (χ1) is 12.6. The van der Waals surface area contributed by atoms with Crippen molar-refractivity contribution in [3.8, 4) is 5.75 Å². The molecule has 2 aromatic heterocycles. The molecule has 0 radical (unpaired) electrons. The zero-order valence-electron chi connectivity index (χ0n) is 13.7. The predicted octanol–water partition coefficient (Wildman–Crippen LogP) is 3.63. The summed E-state index contributed by atoms with van der Waals surface area (Å²) >= 11 is 1.69. The number of hydrogen-bond donors (Lipinski definition) is 2. The van der Waals surface area contributed by atoms with Crippen LogP contribution >= 0.6 is 11.3 Å². The van der Waals surface area contributed by atoms with Crippen molar-refractivity contribution >= 4 is 39.3 Å². The lowest BCUT2D eigenvalue weighted by Gasteiger charge is -2.11. The van der Waals surface area contributed by atoms with Gasteiger partial charge in [0.2, 0.25) is 0 Å². The van der Waals surface area contributed by atoms with Gasteiger partial charge < -0.3 is 5.11 Å².